The molecule has 0 bridgehead atoms. The van der Waals surface area contributed by atoms with Crippen LogP contribution in [0.4, 0.5) is 5.69 Å². The Morgan fingerprint density at radius 3 is 1.33 bits per heavy atom. The Hall–Kier alpha value is -16.4. The van der Waals surface area contributed by atoms with Crippen molar-refractivity contribution in [1.29, 1.82) is 0 Å². The number of benzene rings is 4. The van der Waals surface area contributed by atoms with Gasteiger partial charge in [-0.3, -0.25) is 72.5 Å². The maximum Gasteiger partial charge on any atom is 0.231 e. The van der Waals surface area contributed by atoms with E-state index in [1.165, 1.54) is 17.7 Å². The van der Waals surface area contributed by atoms with Crippen molar-refractivity contribution in [3.63, 3.8) is 0 Å². The van der Waals surface area contributed by atoms with Crippen molar-refractivity contribution >= 4 is 125 Å². The number of unbranched alkanes of at least 4 members (excludes halogenated alkanes) is 1. The number of aliphatic imine (C=N–C) groups is 18. The summed E-state index contributed by atoms with van der Waals surface area (Å²) in [7, 11) is 3.80. The molecule has 0 fully saturated rings. The van der Waals surface area contributed by atoms with Crippen LogP contribution in [0.25, 0.3) is 0 Å². The number of rotatable bonds is 20. The van der Waals surface area contributed by atoms with E-state index >= 15 is 0 Å². The van der Waals surface area contributed by atoms with Crippen LogP contribution in [0.1, 0.15) is 124 Å². The Morgan fingerprint density at radius 2 is 0.879 bits per heavy atom. The molecule has 140 heavy (non-hydrogen) atoms. The Morgan fingerprint density at radius 1 is 0.421 bits per heavy atom. The Balaban J connectivity index is 0.000000194. The molecular formula is C88H138ClN45O6. The normalized spacial score (nSPS) is 21.7. The monoisotopic (exact) mass is 1960 g/mol. The van der Waals surface area contributed by atoms with Crippen LogP contribution in [0.3, 0.4) is 0 Å². The predicted octanol–water partition coefficient (Wildman–Crippen LogP) is 0.659. The Bertz CT molecular complexity index is 5380. The molecule has 758 valence electrons. The van der Waals surface area contributed by atoms with Crippen LogP contribution >= 0.6 is 11.6 Å². The van der Waals surface area contributed by atoms with Gasteiger partial charge in [-0.1, -0.05) is 67.4 Å². The van der Waals surface area contributed by atoms with Crippen molar-refractivity contribution in [3.05, 3.63) is 161 Å². The molecule has 6 aromatic rings. The SMILES string of the molecule is CC1N=C(N)NC(=NCCc2ccc(O)c(O)c2)N1.CC1N=C(N)NC(=NCCc2ccc3c(c2)OCO3)N1.CC1N=C(N)NC(=NCCc2ccccc2)N1.CC1N=C(N)NC(=NCCc2ccco2)N1.CC1N=C(N)NC(=NCCc2ccoc2)N1.CC1N=C(N)NC(N(C)C)=N1.CC1N=C(N)NC(N)=N1.CC1N=C(Nc2ccc(Cl)cc2)NC(NC(C)C)=N1.CCCCN=C1N=C(N)NC(C)N1. The maximum absolute atomic E-state index is 9.37. The van der Waals surface area contributed by atoms with Crippen molar-refractivity contribution in [2.45, 2.75) is 190 Å². The molecule has 0 saturated carbocycles. The lowest BCUT2D eigenvalue weighted by Gasteiger charge is -2.22. The molecule has 37 N–H and O–H groups in total. The summed E-state index contributed by atoms with van der Waals surface area (Å²) in [5.74, 6) is 11.8. The van der Waals surface area contributed by atoms with Crippen LogP contribution in [0.2, 0.25) is 5.02 Å². The zero-order valence-electron chi connectivity index (χ0n) is 81.4. The first-order valence-electron chi connectivity index (χ1n) is 45.4. The van der Waals surface area contributed by atoms with E-state index in [4.69, 9.17) is 81.5 Å². The first-order chi connectivity index (χ1) is 67.0. The predicted molar refractivity (Wildman–Crippen MR) is 560 cm³/mol. The highest BCUT2D eigenvalue weighted by Gasteiger charge is 2.21. The van der Waals surface area contributed by atoms with Crippen molar-refractivity contribution < 1.29 is 28.5 Å². The van der Waals surface area contributed by atoms with E-state index in [2.05, 4.69) is 213 Å². The quantitative estimate of drug-likeness (QED) is 0.0369. The van der Waals surface area contributed by atoms with Crippen molar-refractivity contribution in [3.8, 4) is 23.0 Å². The van der Waals surface area contributed by atoms with Crippen LogP contribution in [0.15, 0.2) is 227 Å². The van der Waals surface area contributed by atoms with E-state index in [1.807, 2.05) is 153 Å². The van der Waals surface area contributed by atoms with Crippen molar-refractivity contribution in [2.75, 3.05) is 65.5 Å². The number of halogens is 1. The first-order valence-corrected chi connectivity index (χ1v) is 45.8. The first kappa shape index (κ1) is 109. The lowest BCUT2D eigenvalue weighted by atomic mass is 10.1. The summed E-state index contributed by atoms with van der Waals surface area (Å²) in [5.41, 5.74) is 55.0. The van der Waals surface area contributed by atoms with Crippen LogP contribution in [0.5, 0.6) is 23.0 Å². The molecule has 4 aromatic carbocycles. The highest BCUT2D eigenvalue weighted by molar-refractivity contribution is 6.30. The summed E-state index contributed by atoms with van der Waals surface area (Å²) in [6, 6.07) is 34.4. The molecule has 10 aliphatic heterocycles. The molecule has 2 aromatic heterocycles. The zero-order valence-corrected chi connectivity index (χ0v) is 82.2. The summed E-state index contributed by atoms with van der Waals surface area (Å²) in [6.07, 6.45) is 10.8. The smallest absolute Gasteiger partial charge is 0.231 e. The average molecular weight is 1960 g/mol. The number of hydrogen-bond acceptors (Lipinski definition) is 39. The van der Waals surface area contributed by atoms with Gasteiger partial charge in [0.15, 0.2) is 112 Å². The Kier molecular flexibility index (Phi) is 44.7. The van der Waals surface area contributed by atoms with Gasteiger partial charge in [0.25, 0.3) is 0 Å². The lowest BCUT2D eigenvalue weighted by Crippen LogP contribution is -2.53. The molecule has 0 aliphatic carbocycles. The van der Waals surface area contributed by atoms with Crippen LogP contribution in [0, 0.1) is 0 Å². The maximum atomic E-state index is 9.37. The number of guanidine groups is 18. The number of phenolic OH excluding ortho intramolecular Hbond substituents is 2. The standard InChI is InChI=1S/C13H18ClN5.C13H17N5O2.C12H17N5O2.C12H17N5.2C10H15N5O.C8H17N5.C6H13N5.C4H9N5/c1-8(2)15-12-16-9(3)17-13(19-12)18-11-6-4-10(14)5-7-11;1-8-16-12(14)18-13(17-8)15-5-4-9-2-3-10-11(6-9)20-7-19-10;1-7-15-11(13)17-12(16-7)14-5-4-8-2-3-9(18)10(19)6-8;1-9-15-11(13)17-12(16-9)14-8-7-10-5-3-2-4-6-10;1-7-13-9(11)15-10(14-7)12-4-2-8-3-5-16-6-8;1-7-13-9(11)15-10(14-7)12-5-4-8-3-2-6-16-8;1-3-4-5-10-8-12-6(2)11-7(9)13-8;1-4-8-5(7)10-6(9-4)11(2)3;1-2-7-3(5)9-4(6)8-2/h4-9H,1-3H3,(H3,15,16,17,18,19);2-3,6,8H,4-5,7H2,1H3,(H4,14,15,16,17,18);2-3,6-7,18-19H,4-5H2,1H3,(H4,13,14,15,16,17);2-6,9H,7-8H2,1H3,(H4,13,14,15,16,17);3,5-7H,2,4H2,1H3,(H4,11,12,13,14,15);2-3,6-7H,4-5H2,1H3,(H4,11,12,13,14,15);6H,3-5H2,1-2H3,(H4,9,10,11,12,13);4H,1-3H3,(H3,7,8,9,10);2H,1H3,(H5,5,6,7,8,9). The summed E-state index contributed by atoms with van der Waals surface area (Å²) < 4.78 is 20.8. The number of phenols is 2. The van der Waals surface area contributed by atoms with Gasteiger partial charge in [-0.25, -0.2) is 54.9 Å². The van der Waals surface area contributed by atoms with Crippen LogP contribution < -0.4 is 151 Å². The molecule has 16 rings (SSSR count). The molecule has 0 spiro atoms. The second-order valence-electron chi connectivity index (χ2n) is 32.0. The fraction of sp³-hybridized carbons (Fsp3) is 0.432. The van der Waals surface area contributed by atoms with Gasteiger partial charge in [0, 0.05) is 76.5 Å². The minimum Gasteiger partial charge on any atom is -0.504 e. The van der Waals surface area contributed by atoms with Gasteiger partial charge in [-0.15, -0.1) is 0 Å². The molecule has 52 heteroatoms. The molecule has 51 nitrogen and oxygen atoms in total. The van der Waals surface area contributed by atoms with Gasteiger partial charge in [0.05, 0.1) is 25.0 Å². The number of hydrogen-bond donors (Lipinski definition) is 28. The van der Waals surface area contributed by atoms with Gasteiger partial charge in [-0.2, -0.15) is 4.99 Å². The van der Waals surface area contributed by atoms with E-state index in [-0.39, 0.29) is 67.0 Å². The number of aromatic hydroxyl groups is 2. The number of nitrogens with two attached hydrogens (primary N) is 9. The topological polar surface area (TPSA) is 750 Å². The minimum atomic E-state index is -0.147. The van der Waals surface area contributed by atoms with E-state index in [9.17, 15) is 10.2 Å². The summed E-state index contributed by atoms with van der Waals surface area (Å²) in [6.45, 7) is 27.7. The summed E-state index contributed by atoms with van der Waals surface area (Å²) in [5, 5.41) is 70.0. The molecule has 0 saturated heterocycles. The molecule has 0 radical (unpaired) electrons. The number of nitrogens with one attached hydrogen (secondary N) is 17. The van der Waals surface area contributed by atoms with Crippen LogP contribution in [-0.2, 0) is 32.1 Å². The van der Waals surface area contributed by atoms with Gasteiger partial charge in [-0.05, 0) is 197 Å². The largest absolute Gasteiger partial charge is 0.504 e. The number of ether oxygens (including phenoxy) is 2. The average Bonchev–Trinajstić information content (AvgIpc) is 1.72. The molecule has 8 unspecified atom stereocenters. The summed E-state index contributed by atoms with van der Waals surface area (Å²) in [4.78, 5) is 77.0. The van der Waals surface area contributed by atoms with Crippen LogP contribution in [-0.4, -0.2) is 244 Å². The molecule has 12 heterocycles. The van der Waals surface area contributed by atoms with E-state index in [0.29, 0.717) is 146 Å². The molecule has 10 aliphatic rings. The van der Waals surface area contributed by atoms with E-state index in [1.54, 1.807) is 31.8 Å². The van der Waals surface area contributed by atoms with Gasteiger partial charge in [0.2, 0.25) is 24.7 Å². The van der Waals surface area contributed by atoms with Gasteiger partial charge < -0.3 is 133 Å². The minimum absolute atomic E-state index is 0.0216. The highest BCUT2D eigenvalue weighted by Crippen LogP contribution is 2.33. The van der Waals surface area contributed by atoms with Crippen molar-refractivity contribution in [2.24, 2.45) is 141 Å². The molecular weight excluding hydrogens is 1820 g/mol. The second-order valence-corrected chi connectivity index (χ2v) is 32.5. The summed E-state index contributed by atoms with van der Waals surface area (Å²) >= 11 is 5.86. The second kappa shape index (κ2) is 57.5. The lowest BCUT2D eigenvalue weighted by molar-refractivity contribution is 0.174. The van der Waals surface area contributed by atoms with Crippen molar-refractivity contribution in [1.82, 2.24) is 90.0 Å². The third-order valence-electron chi connectivity index (χ3n) is 18.7. The fourth-order valence-corrected chi connectivity index (χ4v) is 12.7. The molecule has 8 atom stereocenters. The number of nitrogens with zero attached hydrogens (tertiary/aromatic N) is 19. The highest BCUT2D eigenvalue weighted by atomic mass is 35.5. The van der Waals surface area contributed by atoms with Gasteiger partial charge in [0.1, 0.15) is 55.1 Å². The number of anilines is 1. The van der Waals surface area contributed by atoms with E-state index < -0.39 is 0 Å². The third kappa shape index (κ3) is 43.1. The number of furan rings is 2. The fourth-order valence-electron chi connectivity index (χ4n) is 12.5. The van der Waals surface area contributed by atoms with E-state index in [0.717, 1.165) is 103 Å². The molecule has 0 amide bonds. The van der Waals surface area contributed by atoms with Gasteiger partial charge >= 0.3 is 0 Å². The zero-order chi connectivity index (χ0) is 101. The Labute approximate surface area is 819 Å². The number of fused-ring (bicyclic) bond motifs is 1. The third-order valence-corrected chi connectivity index (χ3v) is 19.0.